The quantitative estimate of drug-likeness (QED) is 0.780. The fourth-order valence-electron chi connectivity index (χ4n) is 3.01. The van der Waals surface area contributed by atoms with Crippen molar-refractivity contribution in [2.24, 2.45) is 5.92 Å². The average Bonchev–Trinajstić information content (AvgIpc) is 2.54. The number of benzene rings is 1. The van der Waals surface area contributed by atoms with E-state index >= 15 is 0 Å². The summed E-state index contributed by atoms with van der Waals surface area (Å²) in [4.78, 5) is 14.1. The van der Waals surface area contributed by atoms with Crippen LogP contribution in [0.25, 0.3) is 0 Å². The summed E-state index contributed by atoms with van der Waals surface area (Å²) in [6.45, 7) is 10.1. The standard InChI is InChI=1S/C19H28Cl2N2O2/c1-13(22-11-14-7-8-16(20)17(21)10-14)15-6-5-9-23(12-15)18(24)25-19(2,3)4/h7-8,10,13,15,22H,5-6,9,11-12H2,1-4H3. The lowest BCUT2D eigenvalue weighted by molar-refractivity contribution is 0.0148. The number of carbonyl (C=O) groups excluding carboxylic acids is 1. The number of likely N-dealkylation sites (tertiary alicyclic amines) is 1. The van der Waals surface area contributed by atoms with Crippen LogP contribution in [0.5, 0.6) is 0 Å². The number of hydrogen-bond acceptors (Lipinski definition) is 3. The molecule has 2 unspecified atom stereocenters. The van der Waals surface area contributed by atoms with Crippen LogP contribution >= 0.6 is 23.2 Å². The zero-order valence-corrected chi connectivity index (χ0v) is 17.0. The Bertz CT molecular complexity index is 602. The van der Waals surface area contributed by atoms with Crippen LogP contribution in [0.15, 0.2) is 18.2 Å². The van der Waals surface area contributed by atoms with Gasteiger partial charge < -0.3 is 15.0 Å². The fraction of sp³-hybridized carbons (Fsp3) is 0.632. The van der Waals surface area contributed by atoms with E-state index in [1.807, 2.05) is 43.9 Å². The number of rotatable bonds is 4. The lowest BCUT2D eigenvalue weighted by Gasteiger charge is -2.36. The first kappa shape index (κ1) is 20.3. The second kappa shape index (κ2) is 8.61. The third-order valence-electron chi connectivity index (χ3n) is 4.43. The summed E-state index contributed by atoms with van der Waals surface area (Å²) in [6, 6.07) is 5.97. The largest absolute Gasteiger partial charge is 0.444 e. The zero-order valence-electron chi connectivity index (χ0n) is 15.4. The molecule has 1 aliphatic rings. The minimum atomic E-state index is -0.457. The second-order valence-corrected chi connectivity index (χ2v) is 8.56. The topological polar surface area (TPSA) is 41.6 Å². The summed E-state index contributed by atoms with van der Waals surface area (Å²) in [7, 11) is 0. The molecule has 1 N–H and O–H groups in total. The summed E-state index contributed by atoms with van der Waals surface area (Å²) in [6.07, 6.45) is 1.89. The van der Waals surface area contributed by atoms with Gasteiger partial charge in [0.1, 0.15) is 5.60 Å². The van der Waals surface area contributed by atoms with E-state index in [9.17, 15) is 4.79 Å². The first-order valence-corrected chi connectivity index (χ1v) is 9.56. The summed E-state index contributed by atoms with van der Waals surface area (Å²) >= 11 is 12.0. The minimum Gasteiger partial charge on any atom is -0.444 e. The maximum absolute atomic E-state index is 12.3. The van der Waals surface area contributed by atoms with Gasteiger partial charge in [-0.2, -0.15) is 0 Å². The molecule has 1 amide bonds. The maximum atomic E-state index is 12.3. The van der Waals surface area contributed by atoms with Gasteiger partial charge in [0.15, 0.2) is 0 Å². The average molecular weight is 387 g/mol. The lowest BCUT2D eigenvalue weighted by Crippen LogP contribution is -2.47. The van der Waals surface area contributed by atoms with Crippen molar-refractivity contribution >= 4 is 29.3 Å². The number of ether oxygens (including phenoxy) is 1. The van der Waals surface area contributed by atoms with Crippen molar-refractivity contribution < 1.29 is 9.53 Å². The van der Waals surface area contributed by atoms with Crippen LogP contribution < -0.4 is 5.32 Å². The predicted octanol–water partition coefficient (Wildman–Crippen LogP) is 5.12. The molecule has 1 fully saturated rings. The third kappa shape index (κ3) is 6.36. The van der Waals surface area contributed by atoms with Crippen molar-refractivity contribution in [3.8, 4) is 0 Å². The van der Waals surface area contributed by atoms with Crippen LogP contribution in [0.1, 0.15) is 46.1 Å². The highest BCUT2D eigenvalue weighted by molar-refractivity contribution is 6.42. The van der Waals surface area contributed by atoms with Gasteiger partial charge in [-0.1, -0.05) is 29.3 Å². The van der Waals surface area contributed by atoms with E-state index in [1.165, 1.54) is 0 Å². The van der Waals surface area contributed by atoms with Gasteiger partial charge in [-0.25, -0.2) is 4.79 Å². The van der Waals surface area contributed by atoms with Gasteiger partial charge in [-0.05, 0) is 64.2 Å². The third-order valence-corrected chi connectivity index (χ3v) is 5.17. The molecule has 25 heavy (non-hydrogen) atoms. The minimum absolute atomic E-state index is 0.214. The van der Waals surface area contributed by atoms with Crippen molar-refractivity contribution in [1.29, 1.82) is 0 Å². The van der Waals surface area contributed by atoms with E-state index in [1.54, 1.807) is 0 Å². The summed E-state index contributed by atoms with van der Waals surface area (Å²) < 4.78 is 5.50. The Morgan fingerprint density at radius 1 is 1.36 bits per heavy atom. The molecule has 1 aromatic rings. The van der Waals surface area contributed by atoms with Crippen LogP contribution in [0.3, 0.4) is 0 Å². The molecule has 1 aliphatic heterocycles. The number of halogens is 2. The van der Waals surface area contributed by atoms with E-state index in [-0.39, 0.29) is 6.09 Å². The SMILES string of the molecule is CC(NCc1ccc(Cl)c(Cl)c1)C1CCCN(C(=O)OC(C)(C)C)C1. The molecule has 0 saturated carbocycles. The van der Waals surface area contributed by atoms with Crippen LogP contribution in [-0.2, 0) is 11.3 Å². The zero-order chi connectivity index (χ0) is 18.6. The van der Waals surface area contributed by atoms with Gasteiger partial charge in [0.2, 0.25) is 0 Å². The number of piperidine rings is 1. The lowest BCUT2D eigenvalue weighted by atomic mass is 9.91. The van der Waals surface area contributed by atoms with Crippen LogP contribution in [0.2, 0.25) is 10.0 Å². The molecule has 0 aliphatic carbocycles. The summed E-state index contributed by atoms with van der Waals surface area (Å²) in [5.74, 6) is 0.407. The molecular weight excluding hydrogens is 359 g/mol. The Balaban J connectivity index is 1.87. The van der Waals surface area contributed by atoms with Crippen molar-refractivity contribution in [2.45, 2.75) is 58.7 Å². The highest BCUT2D eigenvalue weighted by atomic mass is 35.5. The monoisotopic (exact) mass is 386 g/mol. The van der Waals surface area contributed by atoms with Crippen LogP contribution in [0, 0.1) is 5.92 Å². The van der Waals surface area contributed by atoms with Gasteiger partial charge in [-0.3, -0.25) is 0 Å². The molecule has 0 radical (unpaired) electrons. The first-order chi connectivity index (χ1) is 11.7. The highest BCUT2D eigenvalue weighted by Crippen LogP contribution is 2.24. The molecule has 6 heteroatoms. The highest BCUT2D eigenvalue weighted by Gasteiger charge is 2.29. The number of amides is 1. The number of nitrogens with zero attached hydrogens (tertiary/aromatic N) is 1. The fourth-order valence-corrected chi connectivity index (χ4v) is 3.33. The molecular formula is C19H28Cl2N2O2. The molecule has 1 heterocycles. The van der Waals surface area contributed by atoms with Gasteiger partial charge in [0, 0.05) is 25.7 Å². The van der Waals surface area contributed by atoms with Crippen molar-refractivity contribution in [3.05, 3.63) is 33.8 Å². The molecule has 1 aromatic carbocycles. The van der Waals surface area contributed by atoms with E-state index in [2.05, 4.69) is 12.2 Å². The molecule has 0 spiro atoms. The molecule has 1 saturated heterocycles. The molecule has 0 aromatic heterocycles. The molecule has 4 nitrogen and oxygen atoms in total. The second-order valence-electron chi connectivity index (χ2n) is 7.75. The first-order valence-electron chi connectivity index (χ1n) is 8.81. The van der Waals surface area contributed by atoms with Gasteiger partial charge >= 0.3 is 6.09 Å². The Morgan fingerprint density at radius 3 is 2.72 bits per heavy atom. The Hall–Kier alpha value is -0.970. The smallest absolute Gasteiger partial charge is 0.410 e. The van der Waals surface area contributed by atoms with Crippen molar-refractivity contribution in [1.82, 2.24) is 10.2 Å². The molecule has 0 bridgehead atoms. The van der Waals surface area contributed by atoms with E-state index in [4.69, 9.17) is 27.9 Å². The van der Waals surface area contributed by atoms with Crippen molar-refractivity contribution in [2.75, 3.05) is 13.1 Å². The number of nitrogens with one attached hydrogen (secondary N) is 1. The summed E-state index contributed by atoms with van der Waals surface area (Å²) in [5, 5.41) is 4.68. The molecule has 2 atom stereocenters. The Morgan fingerprint density at radius 2 is 2.08 bits per heavy atom. The normalized spacial score (nSPS) is 19.6. The molecule has 2 rings (SSSR count). The van der Waals surface area contributed by atoms with Crippen LogP contribution in [-0.4, -0.2) is 35.7 Å². The molecule has 140 valence electrons. The van der Waals surface area contributed by atoms with E-state index < -0.39 is 5.60 Å². The van der Waals surface area contributed by atoms with Crippen molar-refractivity contribution in [3.63, 3.8) is 0 Å². The maximum Gasteiger partial charge on any atom is 0.410 e. The van der Waals surface area contributed by atoms with Crippen LogP contribution in [0.4, 0.5) is 4.79 Å². The predicted molar refractivity (Wildman–Crippen MR) is 103 cm³/mol. The number of carbonyl (C=O) groups is 1. The van der Waals surface area contributed by atoms with E-state index in [0.717, 1.165) is 38.0 Å². The van der Waals surface area contributed by atoms with E-state index in [0.29, 0.717) is 22.0 Å². The Kier molecular flexibility index (Phi) is 7.01. The van der Waals surface area contributed by atoms with Gasteiger partial charge in [0.05, 0.1) is 10.0 Å². The summed E-state index contributed by atoms with van der Waals surface area (Å²) in [5.41, 5.74) is 0.642. The Labute approximate surface area is 160 Å². The van der Waals surface area contributed by atoms with Gasteiger partial charge in [0.25, 0.3) is 0 Å². The number of hydrogen-bond donors (Lipinski definition) is 1. The van der Waals surface area contributed by atoms with Gasteiger partial charge in [-0.15, -0.1) is 0 Å².